The molecule has 2 aromatic rings. The van der Waals surface area contributed by atoms with E-state index in [9.17, 15) is 14.9 Å². The predicted molar refractivity (Wildman–Crippen MR) is 109 cm³/mol. The standard InChI is InChI=1S/C23H23N3O4/c1-22(2)12-23(10-16(11-24)20(22)27)8-9-26(13-23)21(28)18-19(30-14-25-18)15-4-6-17(29-3)7-5-15/h4-7,10,14H,8-9,12-13H2,1-3H3/t23-/m1/s1. The summed E-state index contributed by atoms with van der Waals surface area (Å²) in [5, 5.41) is 9.41. The van der Waals surface area contributed by atoms with Crippen LogP contribution in [0.1, 0.15) is 37.2 Å². The van der Waals surface area contributed by atoms with Crippen LogP contribution in [-0.2, 0) is 4.79 Å². The van der Waals surface area contributed by atoms with Crippen LogP contribution >= 0.6 is 0 Å². The topological polar surface area (TPSA) is 96.4 Å². The van der Waals surface area contributed by atoms with E-state index in [0.717, 1.165) is 5.56 Å². The van der Waals surface area contributed by atoms with E-state index in [2.05, 4.69) is 4.98 Å². The maximum absolute atomic E-state index is 13.3. The molecular weight excluding hydrogens is 382 g/mol. The van der Waals surface area contributed by atoms with Gasteiger partial charge in [-0.1, -0.05) is 19.9 Å². The number of Topliss-reactive ketones (excluding diaryl/α,β-unsaturated/α-hetero) is 1. The highest BCUT2D eigenvalue weighted by Gasteiger charge is 2.49. The molecule has 1 saturated heterocycles. The lowest BCUT2D eigenvalue weighted by Crippen LogP contribution is -2.40. The number of aromatic nitrogens is 1. The first kappa shape index (κ1) is 19.9. The van der Waals surface area contributed by atoms with Crippen LogP contribution in [0, 0.1) is 22.2 Å². The molecule has 0 unspecified atom stereocenters. The number of nitriles is 1. The van der Waals surface area contributed by atoms with Crippen LogP contribution in [0.3, 0.4) is 0 Å². The Balaban J connectivity index is 1.60. The Morgan fingerprint density at radius 1 is 1.30 bits per heavy atom. The number of ketones is 1. The molecule has 1 aromatic carbocycles. The molecule has 2 aliphatic rings. The fourth-order valence-corrected chi connectivity index (χ4v) is 4.66. The van der Waals surface area contributed by atoms with Crippen molar-refractivity contribution in [1.29, 1.82) is 5.26 Å². The lowest BCUT2D eigenvalue weighted by Gasteiger charge is -2.38. The van der Waals surface area contributed by atoms with Crippen molar-refractivity contribution < 1.29 is 18.7 Å². The molecule has 0 bridgehead atoms. The first-order valence-corrected chi connectivity index (χ1v) is 9.83. The van der Waals surface area contributed by atoms with Crippen LogP contribution < -0.4 is 4.74 Å². The SMILES string of the molecule is COc1ccc(-c2ocnc2C(=O)N2CC[C@]3(C=C(C#N)C(=O)C(C)(C)C3)C2)cc1. The molecule has 1 aliphatic heterocycles. The minimum Gasteiger partial charge on any atom is -0.497 e. The Morgan fingerprint density at radius 2 is 2.03 bits per heavy atom. The number of amides is 1. The summed E-state index contributed by atoms with van der Waals surface area (Å²) in [6, 6.07) is 9.27. The highest BCUT2D eigenvalue weighted by atomic mass is 16.5. The van der Waals surface area contributed by atoms with Gasteiger partial charge >= 0.3 is 0 Å². The molecule has 7 heteroatoms. The van der Waals surface area contributed by atoms with Crippen molar-refractivity contribution >= 4 is 11.7 Å². The van der Waals surface area contributed by atoms with Gasteiger partial charge in [0.15, 0.2) is 23.6 Å². The van der Waals surface area contributed by atoms with Crippen molar-refractivity contribution in [1.82, 2.24) is 9.88 Å². The van der Waals surface area contributed by atoms with Crippen molar-refractivity contribution in [3.63, 3.8) is 0 Å². The van der Waals surface area contributed by atoms with E-state index in [4.69, 9.17) is 9.15 Å². The van der Waals surface area contributed by atoms with E-state index >= 15 is 0 Å². The number of hydrogen-bond acceptors (Lipinski definition) is 6. The molecule has 1 amide bonds. The molecule has 0 radical (unpaired) electrons. The van der Waals surface area contributed by atoms with Crippen LogP contribution in [0.5, 0.6) is 5.75 Å². The molecule has 1 aromatic heterocycles. The number of benzene rings is 1. The number of ether oxygens (including phenoxy) is 1. The van der Waals surface area contributed by atoms with Gasteiger partial charge in [0.2, 0.25) is 0 Å². The molecule has 1 fully saturated rings. The normalized spacial score (nSPS) is 22.7. The third-order valence-electron chi connectivity index (χ3n) is 6.02. The highest BCUT2D eigenvalue weighted by molar-refractivity contribution is 6.04. The lowest BCUT2D eigenvalue weighted by atomic mass is 9.64. The second-order valence-electron chi connectivity index (χ2n) is 8.66. The molecule has 2 heterocycles. The first-order valence-electron chi connectivity index (χ1n) is 9.83. The van der Waals surface area contributed by atoms with Crippen molar-refractivity contribution in [2.24, 2.45) is 10.8 Å². The zero-order chi connectivity index (χ0) is 21.5. The van der Waals surface area contributed by atoms with E-state index < -0.39 is 5.41 Å². The molecule has 4 rings (SSSR count). The van der Waals surface area contributed by atoms with Crippen molar-refractivity contribution in [2.45, 2.75) is 26.7 Å². The average molecular weight is 405 g/mol. The summed E-state index contributed by atoms with van der Waals surface area (Å²) in [6.45, 7) is 4.71. The number of hydrogen-bond donors (Lipinski definition) is 0. The second-order valence-corrected chi connectivity index (χ2v) is 8.66. The Kier molecular flexibility index (Phi) is 4.73. The molecule has 1 aliphatic carbocycles. The molecule has 0 saturated carbocycles. The van der Waals surface area contributed by atoms with E-state index in [1.54, 1.807) is 30.2 Å². The van der Waals surface area contributed by atoms with E-state index in [1.807, 2.05) is 32.0 Å². The molecule has 30 heavy (non-hydrogen) atoms. The summed E-state index contributed by atoms with van der Waals surface area (Å²) in [7, 11) is 1.59. The summed E-state index contributed by atoms with van der Waals surface area (Å²) < 4.78 is 10.7. The zero-order valence-corrected chi connectivity index (χ0v) is 17.3. The number of allylic oxidation sites excluding steroid dienone is 1. The molecule has 7 nitrogen and oxygen atoms in total. The second kappa shape index (κ2) is 7.13. The zero-order valence-electron chi connectivity index (χ0n) is 17.3. The molecule has 0 N–H and O–H groups in total. The van der Waals surface area contributed by atoms with Gasteiger partial charge < -0.3 is 14.1 Å². The smallest absolute Gasteiger partial charge is 0.276 e. The van der Waals surface area contributed by atoms with Gasteiger partial charge in [-0.25, -0.2) is 4.98 Å². The summed E-state index contributed by atoms with van der Waals surface area (Å²) in [5.41, 5.74) is 0.193. The van der Waals surface area contributed by atoms with Crippen LogP contribution in [0.2, 0.25) is 0 Å². The number of carbonyl (C=O) groups excluding carboxylic acids is 2. The fraction of sp³-hybridized carbons (Fsp3) is 0.391. The largest absolute Gasteiger partial charge is 0.497 e. The maximum Gasteiger partial charge on any atom is 0.276 e. The monoisotopic (exact) mass is 405 g/mol. The van der Waals surface area contributed by atoms with E-state index in [0.29, 0.717) is 37.4 Å². The van der Waals surface area contributed by atoms with Crippen LogP contribution in [0.25, 0.3) is 11.3 Å². The third kappa shape index (κ3) is 3.28. The Hall–Kier alpha value is -3.40. The number of oxazole rings is 1. The number of methoxy groups -OCH3 is 1. The van der Waals surface area contributed by atoms with Gasteiger partial charge in [-0.2, -0.15) is 5.26 Å². The van der Waals surface area contributed by atoms with Crippen LogP contribution in [-0.4, -0.2) is 41.8 Å². The van der Waals surface area contributed by atoms with Crippen molar-refractivity contribution in [2.75, 3.05) is 20.2 Å². The van der Waals surface area contributed by atoms with Crippen LogP contribution in [0.4, 0.5) is 0 Å². The molecule has 154 valence electrons. The molecular formula is C23H23N3O4. The van der Waals surface area contributed by atoms with Crippen molar-refractivity contribution in [3.05, 3.63) is 48.0 Å². The Morgan fingerprint density at radius 3 is 2.70 bits per heavy atom. The molecule has 1 spiro atoms. The Labute approximate surface area is 174 Å². The predicted octanol–water partition coefficient (Wildman–Crippen LogP) is 3.63. The summed E-state index contributed by atoms with van der Waals surface area (Å²) in [4.78, 5) is 31.6. The number of rotatable bonds is 3. The number of nitrogens with zero attached hydrogens (tertiary/aromatic N) is 3. The van der Waals surface area contributed by atoms with Gasteiger partial charge in [0.1, 0.15) is 11.8 Å². The first-order chi connectivity index (χ1) is 14.3. The number of carbonyl (C=O) groups is 2. The van der Waals surface area contributed by atoms with Gasteiger partial charge in [0.25, 0.3) is 5.91 Å². The number of likely N-dealkylation sites (tertiary alicyclic amines) is 1. The summed E-state index contributed by atoms with van der Waals surface area (Å²) in [6.07, 6.45) is 4.37. The van der Waals surface area contributed by atoms with Gasteiger partial charge in [0.05, 0.1) is 12.7 Å². The minimum atomic E-state index is -0.624. The van der Waals surface area contributed by atoms with Gasteiger partial charge in [-0.05, 0) is 37.1 Å². The quantitative estimate of drug-likeness (QED) is 0.774. The van der Waals surface area contributed by atoms with Gasteiger partial charge in [-0.3, -0.25) is 9.59 Å². The average Bonchev–Trinajstić information content (AvgIpc) is 3.38. The Bertz CT molecular complexity index is 1070. The maximum atomic E-state index is 13.3. The lowest BCUT2D eigenvalue weighted by molar-refractivity contribution is -0.125. The fourth-order valence-electron chi connectivity index (χ4n) is 4.66. The van der Waals surface area contributed by atoms with E-state index in [1.165, 1.54) is 6.39 Å². The summed E-state index contributed by atoms with van der Waals surface area (Å²) >= 11 is 0. The van der Waals surface area contributed by atoms with E-state index in [-0.39, 0.29) is 28.4 Å². The minimum absolute atomic E-state index is 0.126. The van der Waals surface area contributed by atoms with Gasteiger partial charge in [0, 0.05) is 29.5 Å². The molecule has 1 atom stereocenters. The van der Waals surface area contributed by atoms with Crippen molar-refractivity contribution in [3.8, 4) is 23.1 Å². The van der Waals surface area contributed by atoms with Crippen LogP contribution in [0.15, 0.2) is 46.7 Å². The third-order valence-corrected chi connectivity index (χ3v) is 6.02. The highest BCUT2D eigenvalue weighted by Crippen LogP contribution is 2.48. The van der Waals surface area contributed by atoms with Gasteiger partial charge in [-0.15, -0.1) is 0 Å². The summed E-state index contributed by atoms with van der Waals surface area (Å²) in [5.74, 6) is 0.782.